The van der Waals surface area contributed by atoms with Crippen LogP contribution in [0, 0.1) is 0 Å². The Morgan fingerprint density at radius 2 is 1.18 bits per heavy atom. The molecule has 6 rings (SSSR count). The Labute approximate surface area is 242 Å². The van der Waals surface area contributed by atoms with Crippen LogP contribution in [0.15, 0.2) is 30.6 Å². The maximum Gasteiger partial charge on any atom is 0.344 e. The highest BCUT2D eigenvalue weighted by Crippen LogP contribution is 2.45. The van der Waals surface area contributed by atoms with Gasteiger partial charge in [-0.3, -0.25) is 0 Å². The van der Waals surface area contributed by atoms with Crippen LogP contribution in [0.4, 0.5) is 0 Å². The van der Waals surface area contributed by atoms with Gasteiger partial charge in [0, 0.05) is 10.8 Å². The minimum atomic E-state index is -1.97. The molecule has 2 fully saturated rings. The lowest BCUT2D eigenvalue weighted by molar-refractivity contribution is -0.323. The fourth-order valence-electron chi connectivity index (χ4n) is 5.33. The molecule has 0 unspecified atom stereocenters. The lowest BCUT2D eigenvalue weighted by atomic mass is 9.98. The third-order valence-corrected chi connectivity index (χ3v) is 7.72. The number of rotatable bonds is 6. The van der Waals surface area contributed by atoms with Crippen LogP contribution in [0.3, 0.4) is 0 Å². The number of benzene rings is 2. The van der Waals surface area contributed by atoms with Crippen molar-refractivity contribution in [3.8, 4) is 23.0 Å². The van der Waals surface area contributed by atoms with Crippen molar-refractivity contribution in [1.82, 2.24) is 0 Å². The van der Waals surface area contributed by atoms with Crippen LogP contribution in [0.2, 0.25) is 0 Å². The molecule has 10 atom stereocenters. The zero-order chi connectivity index (χ0) is 31.8. The summed E-state index contributed by atoms with van der Waals surface area (Å²) in [5.41, 5.74) is -3.35. The smallest absolute Gasteiger partial charge is 0.344 e. The molecule has 0 radical (unpaired) electrons. The molecule has 2 aromatic carbocycles. The van der Waals surface area contributed by atoms with Crippen molar-refractivity contribution in [2.75, 3.05) is 13.2 Å². The van der Waals surface area contributed by atoms with Gasteiger partial charge in [0.2, 0.25) is 17.8 Å². The van der Waals surface area contributed by atoms with Crippen LogP contribution in [0.25, 0.3) is 32.7 Å². The van der Waals surface area contributed by atoms with Gasteiger partial charge >= 0.3 is 11.3 Å². The SMILES string of the molecule is O=c1oc2c(O)c(O[C@@H]3O[C@H](CO[C@H]4O[C@H](CO)[C@@H](O)[C@H](O)[C@H]4O)[C@@H](O)[C@H](O)[C@H]3O)cc3c(=O)oc4c(O)c(O)cc1c4c23. The van der Waals surface area contributed by atoms with Crippen LogP contribution < -0.4 is 16.0 Å². The number of aliphatic hydroxyl groups excluding tert-OH is 7. The number of phenolic OH excluding ortho intramolecular Hbond substituents is 3. The second kappa shape index (κ2) is 11.0. The molecule has 0 saturated carbocycles. The number of phenols is 3. The summed E-state index contributed by atoms with van der Waals surface area (Å²) in [6, 6.07) is 1.83. The monoisotopic (exact) mass is 626 g/mol. The van der Waals surface area contributed by atoms with E-state index < -0.39 is 120 Å². The molecule has 18 nitrogen and oxygen atoms in total. The lowest BCUT2D eigenvalue weighted by Crippen LogP contribution is -2.62. The molecule has 2 aromatic heterocycles. The van der Waals surface area contributed by atoms with E-state index in [4.69, 9.17) is 27.8 Å². The molecule has 4 heterocycles. The molecule has 18 heteroatoms. The Kier molecular flexibility index (Phi) is 7.53. The van der Waals surface area contributed by atoms with Crippen LogP contribution in [0.1, 0.15) is 0 Å². The van der Waals surface area contributed by atoms with Gasteiger partial charge in [-0.2, -0.15) is 0 Å². The van der Waals surface area contributed by atoms with Crippen LogP contribution in [-0.2, 0) is 14.2 Å². The highest BCUT2D eigenvalue weighted by atomic mass is 16.7. The first-order valence-corrected chi connectivity index (χ1v) is 13.1. The van der Waals surface area contributed by atoms with Crippen molar-refractivity contribution in [3.05, 3.63) is 33.0 Å². The molecule has 2 aliphatic rings. The summed E-state index contributed by atoms with van der Waals surface area (Å²) < 4.78 is 32.0. The Bertz CT molecular complexity index is 1810. The molecule has 2 aliphatic heterocycles. The quantitative estimate of drug-likeness (QED) is 0.0567. The highest BCUT2D eigenvalue weighted by Gasteiger charge is 2.48. The molecule has 0 bridgehead atoms. The average Bonchev–Trinajstić information content (AvgIpc) is 3.00. The summed E-state index contributed by atoms with van der Waals surface area (Å²) in [6.07, 6.45) is -17.3. The first-order valence-electron chi connectivity index (χ1n) is 13.1. The van der Waals surface area contributed by atoms with Gasteiger partial charge in [0.25, 0.3) is 0 Å². The van der Waals surface area contributed by atoms with Gasteiger partial charge in [-0.05, 0) is 12.1 Å². The molecule has 2 saturated heterocycles. The maximum absolute atomic E-state index is 12.9. The summed E-state index contributed by atoms with van der Waals surface area (Å²) in [5.74, 6) is -3.10. The molecule has 0 aliphatic carbocycles. The number of ether oxygens (including phenoxy) is 4. The fourth-order valence-corrected chi connectivity index (χ4v) is 5.33. The summed E-state index contributed by atoms with van der Waals surface area (Å²) >= 11 is 0. The highest BCUT2D eigenvalue weighted by molar-refractivity contribution is 6.22. The summed E-state index contributed by atoms with van der Waals surface area (Å²) in [6.45, 7) is -1.41. The molecule has 0 spiro atoms. The van der Waals surface area contributed by atoms with Crippen molar-refractivity contribution in [2.45, 2.75) is 61.4 Å². The van der Waals surface area contributed by atoms with Crippen molar-refractivity contribution in [2.24, 2.45) is 0 Å². The molecule has 4 aromatic rings. The van der Waals surface area contributed by atoms with Gasteiger partial charge in [0.15, 0.2) is 29.0 Å². The zero-order valence-electron chi connectivity index (χ0n) is 22.1. The van der Waals surface area contributed by atoms with Crippen molar-refractivity contribution in [3.63, 3.8) is 0 Å². The summed E-state index contributed by atoms with van der Waals surface area (Å²) in [7, 11) is 0. The average molecular weight is 626 g/mol. The minimum absolute atomic E-state index is 0.152. The third-order valence-electron chi connectivity index (χ3n) is 7.72. The molecule has 10 N–H and O–H groups in total. The number of aromatic hydroxyl groups is 3. The zero-order valence-corrected chi connectivity index (χ0v) is 22.1. The predicted octanol–water partition coefficient (Wildman–Crippen LogP) is -3.39. The Morgan fingerprint density at radius 3 is 1.80 bits per heavy atom. The van der Waals surface area contributed by atoms with E-state index in [9.17, 15) is 60.7 Å². The van der Waals surface area contributed by atoms with E-state index in [0.717, 1.165) is 12.1 Å². The van der Waals surface area contributed by atoms with E-state index >= 15 is 0 Å². The van der Waals surface area contributed by atoms with Gasteiger partial charge < -0.3 is 78.8 Å². The Morgan fingerprint density at radius 1 is 0.659 bits per heavy atom. The van der Waals surface area contributed by atoms with Gasteiger partial charge in [-0.1, -0.05) is 0 Å². The summed E-state index contributed by atoms with van der Waals surface area (Å²) in [4.78, 5) is 25.5. The van der Waals surface area contributed by atoms with Gasteiger partial charge in [-0.25, -0.2) is 9.59 Å². The van der Waals surface area contributed by atoms with Crippen LogP contribution in [-0.4, -0.2) is 126 Å². The first kappa shape index (κ1) is 30.2. The third kappa shape index (κ3) is 4.59. The van der Waals surface area contributed by atoms with E-state index in [1.54, 1.807) is 0 Å². The Hall–Kier alpha value is -3.82. The first-order chi connectivity index (χ1) is 20.8. The van der Waals surface area contributed by atoms with Crippen LogP contribution in [0.5, 0.6) is 23.0 Å². The van der Waals surface area contributed by atoms with Crippen LogP contribution >= 0.6 is 0 Å². The largest absolute Gasteiger partial charge is 0.504 e. The van der Waals surface area contributed by atoms with Crippen molar-refractivity contribution >= 4 is 32.7 Å². The topological polar surface area (TPSA) is 300 Å². The summed E-state index contributed by atoms with van der Waals surface area (Å²) in [5, 5.41) is 101. The molecule has 238 valence electrons. The Balaban J connectivity index is 1.31. The molecular weight excluding hydrogens is 600 g/mol. The van der Waals surface area contributed by atoms with Gasteiger partial charge in [-0.15, -0.1) is 0 Å². The second-order valence-corrected chi connectivity index (χ2v) is 10.4. The lowest BCUT2D eigenvalue weighted by Gasteiger charge is -2.42. The van der Waals surface area contributed by atoms with E-state index in [1.807, 2.05) is 0 Å². The standard InChI is InChI=1S/C26H26O18/c27-3-9-14(30)17(33)19(35)25(41-9)39-4-10-15(31)18(34)20(36)26(42-10)40-8-2-6-12-11-5(23(37)44-22(12)16(8)32)1-7(28)13(29)21(11)43-24(6)38/h1-2,9-10,14-15,17-20,25-36H,3-4H2/t9-,10-,14-,15-,17+,18+,19-,20-,25+,26-/m1/s1. The second-order valence-electron chi connectivity index (χ2n) is 10.4. The fraction of sp³-hybridized carbons (Fsp3) is 0.462. The maximum atomic E-state index is 12.9. The number of aliphatic hydroxyl groups is 7. The van der Waals surface area contributed by atoms with E-state index in [1.165, 1.54) is 0 Å². The van der Waals surface area contributed by atoms with Gasteiger partial charge in [0.05, 0.1) is 24.0 Å². The molecule has 0 amide bonds. The number of hydrogen-bond donors (Lipinski definition) is 10. The van der Waals surface area contributed by atoms with Crippen molar-refractivity contribution in [1.29, 1.82) is 0 Å². The van der Waals surface area contributed by atoms with E-state index in [0.29, 0.717) is 0 Å². The van der Waals surface area contributed by atoms with E-state index in [-0.39, 0.29) is 21.5 Å². The predicted molar refractivity (Wildman–Crippen MR) is 139 cm³/mol. The van der Waals surface area contributed by atoms with Gasteiger partial charge in [0.1, 0.15) is 48.8 Å². The van der Waals surface area contributed by atoms with Crippen molar-refractivity contribution < 1.29 is 78.8 Å². The number of hydrogen-bond acceptors (Lipinski definition) is 18. The molecule has 44 heavy (non-hydrogen) atoms. The van der Waals surface area contributed by atoms with E-state index in [2.05, 4.69) is 0 Å². The minimum Gasteiger partial charge on any atom is -0.504 e. The molecular formula is C26H26O18. The normalized spacial score (nSPS) is 33.0.